The van der Waals surface area contributed by atoms with E-state index in [1.165, 1.54) is 5.56 Å². The summed E-state index contributed by atoms with van der Waals surface area (Å²) in [7, 11) is 5.43. The number of benzene rings is 1. The van der Waals surface area contributed by atoms with E-state index in [0.717, 1.165) is 23.5 Å². The summed E-state index contributed by atoms with van der Waals surface area (Å²) < 4.78 is 1.06. The zero-order valence-corrected chi connectivity index (χ0v) is 17.4. The van der Waals surface area contributed by atoms with Gasteiger partial charge in [-0.05, 0) is 24.6 Å². The number of guanidine groups is 1. The Balaban J connectivity index is 0.00000441. The third-order valence-electron chi connectivity index (χ3n) is 2.89. The molecule has 0 atom stereocenters. The van der Waals surface area contributed by atoms with E-state index in [2.05, 4.69) is 38.4 Å². The topological polar surface area (TPSA) is 47.9 Å². The number of aliphatic imine (C=N–C) groups is 1. The summed E-state index contributed by atoms with van der Waals surface area (Å²) in [6.07, 6.45) is 0. The summed E-state index contributed by atoms with van der Waals surface area (Å²) in [6, 6.07) is 8.16. The lowest BCUT2D eigenvalue weighted by molar-refractivity contribution is -0.127. The molecule has 7 heteroatoms. The van der Waals surface area contributed by atoms with Gasteiger partial charge in [0.05, 0.1) is 0 Å². The molecule has 0 unspecified atom stereocenters. The van der Waals surface area contributed by atoms with Gasteiger partial charge in [-0.3, -0.25) is 4.79 Å². The first-order chi connectivity index (χ1) is 9.93. The summed E-state index contributed by atoms with van der Waals surface area (Å²) in [6.45, 7) is 3.66. The van der Waals surface area contributed by atoms with E-state index in [0.29, 0.717) is 0 Å². The number of carbonyl (C=O) groups is 1. The summed E-state index contributed by atoms with van der Waals surface area (Å²) >= 11 is 3.43. The Morgan fingerprint density at radius 1 is 1.23 bits per heavy atom. The number of nitrogens with one attached hydrogen (secondary N) is 1. The summed E-state index contributed by atoms with van der Waals surface area (Å²) in [4.78, 5) is 19.6. The molecule has 0 saturated carbocycles. The fourth-order valence-corrected chi connectivity index (χ4v) is 1.96. The number of halogens is 2. The van der Waals surface area contributed by atoms with Crippen molar-refractivity contribution in [3.05, 3.63) is 34.3 Å². The van der Waals surface area contributed by atoms with E-state index in [1.54, 1.807) is 19.0 Å². The van der Waals surface area contributed by atoms with Crippen LogP contribution in [-0.2, 0) is 11.3 Å². The quantitative estimate of drug-likeness (QED) is 0.398. The van der Waals surface area contributed by atoms with Crippen molar-refractivity contribution in [3.8, 4) is 0 Å². The monoisotopic (exact) mass is 482 g/mol. The third kappa shape index (κ3) is 7.44. The molecule has 0 saturated heterocycles. The van der Waals surface area contributed by atoms with Gasteiger partial charge in [0.2, 0.25) is 5.91 Å². The van der Waals surface area contributed by atoms with Gasteiger partial charge in [0.1, 0.15) is 6.54 Å². The average molecular weight is 483 g/mol. The number of amides is 1. The number of rotatable bonds is 5. The van der Waals surface area contributed by atoms with Crippen molar-refractivity contribution in [1.29, 1.82) is 0 Å². The molecular formula is C15H24BrIN4O. The highest BCUT2D eigenvalue weighted by molar-refractivity contribution is 14.0. The highest BCUT2D eigenvalue weighted by Crippen LogP contribution is 2.11. The summed E-state index contributed by atoms with van der Waals surface area (Å²) in [5.74, 6) is 0.720. The maximum Gasteiger partial charge on any atom is 0.243 e. The van der Waals surface area contributed by atoms with Crippen molar-refractivity contribution in [2.75, 3.05) is 34.2 Å². The molecule has 1 aromatic rings. The second-order valence-corrected chi connectivity index (χ2v) is 5.86. The minimum Gasteiger partial charge on any atom is -0.357 e. The molecule has 0 aliphatic heterocycles. The van der Waals surface area contributed by atoms with Crippen molar-refractivity contribution in [2.24, 2.45) is 4.99 Å². The molecule has 22 heavy (non-hydrogen) atoms. The largest absolute Gasteiger partial charge is 0.357 e. The van der Waals surface area contributed by atoms with Gasteiger partial charge >= 0.3 is 0 Å². The van der Waals surface area contributed by atoms with E-state index in [-0.39, 0.29) is 36.4 Å². The Kier molecular flexibility index (Phi) is 10.4. The van der Waals surface area contributed by atoms with Crippen LogP contribution in [0.5, 0.6) is 0 Å². The van der Waals surface area contributed by atoms with Crippen molar-refractivity contribution in [2.45, 2.75) is 13.5 Å². The maximum atomic E-state index is 11.6. The van der Waals surface area contributed by atoms with Crippen LogP contribution in [0.25, 0.3) is 0 Å². The predicted octanol–water partition coefficient (Wildman–Crippen LogP) is 2.55. The summed E-state index contributed by atoms with van der Waals surface area (Å²) in [5, 5.41) is 3.20. The molecule has 0 spiro atoms. The van der Waals surface area contributed by atoms with Crippen molar-refractivity contribution in [3.63, 3.8) is 0 Å². The summed E-state index contributed by atoms with van der Waals surface area (Å²) in [5.41, 5.74) is 1.19. The lowest BCUT2D eigenvalue weighted by Gasteiger charge is -2.22. The molecule has 1 amide bonds. The van der Waals surface area contributed by atoms with E-state index in [9.17, 15) is 4.79 Å². The van der Waals surface area contributed by atoms with Crippen molar-refractivity contribution in [1.82, 2.24) is 15.1 Å². The van der Waals surface area contributed by atoms with Crippen LogP contribution in [0.4, 0.5) is 0 Å². The SMILES string of the molecule is CCNC(=NCC(=O)N(C)C)N(C)Cc1ccc(Br)cc1.I. The molecule has 0 fully saturated rings. The van der Waals surface area contributed by atoms with Crippen LogP contribution >= 0.6 is 39.9 Å². The highest BCUT2D eigenvalue weighted by Gasteiger charge is 2.08. The van der Waals surface area contributed by atoms with Crippen molar-refractivity contribution < 1.29 is 4.79 Å². The van der Waals surface area contributed by atoms with Crippen LogP contribution < -0.4 is 5.32 Å². The van der Waals surface area contributed by atoms with E-state index < -0.39 is 0 Å². The van der Waals surface area contributed by atoms with Crippen LogP contribution in [0.3, 0.4) is 0 Å². The number of nitrogens with zero attached hydrogens (tertiary/aromatic N) is 3. The van der Waals surface area contributed by atoms with Gasteiger partial charge < -0.3 is 15.1 Å². The number of hydrogen-bond donors (Lipinski definition) is 1. The Hall–Kier alpha value is -0.830. The molecule has 0 aliphatic rings. The second kappa shape index (κ2) is 10.8. The van der Waals surface area contributed by atoms with Crippen molar-refractivity contribution >= 4 is 51.8 Å². The normalized spacial score (nSPS) is 10.7. The maximum absolute atomic E-state index is 11.6. The highest BCUT2D eigenvalue weighted by atomic mass is 127. The molecule has 0 heterocycles. The Morgan fingerprint density at radius 2 is 1.82 bits per heavy atom. The molecule has 0 aliphatic carbocycles. The van der Waals surface area contributed by atoms with Gasteiger partial charge in [0.25, 0.3) is 0 Å². The molecular weight excluding hydrogens is 459 g/mol. The smallest absolute Gasteiger partial charge is 0.243 e. The third-order valence-corrected chi connectivity index (χ3v) is 3.42. The predicted molar refractivity (Wildman–Crippen MR) is 106 cm³/mol. The number of carbonyl (C=O) groups excluding carboxylic acids is 1. The first kappa shape index (κ1) is 21.2. The lowest BCUT2D eigenvalue weighted by atomic mass is 10.2. The molecule has 1 rings (SSSR count). The first-order valence-electron chi connectivity index (χ1n) is 6.88. The van der Waals surface area contributed by atoms with Crippen LogP contribution in [-0.4, -0.2) is 55.9 Å². The van der Waals surface area contributed by atoms with Gasteiger partial charge in [-0.1, -0.05) is 28.1 Å². The minimum absolute atomic E-state index is 0. The fourth-order valence-electron chi connectivity index (χ4n) is 1.69. The fraction of sp³-hybridized carbons (Fsp3) is 0.467. The first-order valence-corrected chi connectivity index (χ1v) is 7.67. The number of likely N-dealkylation sites (N-methyl/N-ethyl adjacent to an activating group) is 1. The standard InChI is InChI=1S/C15H23BrN4O.HI/c1-5-17-15(18-10-14(21)19(2)3)20(4)11-12-6-8-13(16)9-7-12;/h6-9H,5,10-11H2,1-4H3,(H,17,18);1H. The van der Waals surface area contributed by atoms with Crippen LogP contribution in [0.2, 0.25) is 0 Å². The molecule has 1 aromatic carbocycles. The Labute approximate surface area is 158 Å². The van der Waals surface area contributed by atoms with Crippen LogP contribution in [0, 0.1) is 0 Å². The molecule has 1 N–H and O–H groups in total. The minimum atomic E-state index is -0.0116. The van der Waals surface area contributed by atoms with Gasteiger partial charge in [0.15, 0.2) is 5.96 Å². The van der Waals surface area contributed by atoms with Crippen LogP contribution in [0.15, 0.2) is 33.7 Å². The van der Waals surface area contributed by atoms with Gasteiger partial charge in [-0.15, -0.1) is 24.0 Å². The van der Waals surface area contributed by atoms with E-state index >= 15 is 0 Å². The second-order valence-electron chi connectivity index (χ2n) is 4.94. The average Bonchev–Trinajstić information content (AvgIpc) is 2.45. The van der Waals surface area contributed by atoms with Gasteiger partial charge in [0, 0.05) is 38.7 Å². The van der Waals surface area contributed by atoms with E-state index in [1.807, 2.05) is 31.0 Å². The molecule has 124 valence electrons. The van der Waals surface area contributed by atoms with E-state index in [4.69, 9.17) is 0 Å². The molecule has 0 bridgehead atoms. The van der Waals surface area contributed by atoms with Gasteiger partial charge in [-0.2, -0.15) is 0 Å². The van der Waals surface area contributed by atoms with Crippen LogP contribution in [0.1, 0.15) is 12.5 Å². The zero-order chi connectivity index (χ0) is 15.8. The van der Waals surface area contributed by atoms with Gasteiger partial charge in [-0.25, -0.2) is 4.99 Å². The Morgan fingerprint density at radius 3 is 2.32 bits per heavy atom. The molecule has 0 radical (unpaired) electrons. The lowest BCUT2D eigenvalue weighted by Crippen LogP contribution is -2.39. The molecule has 5 nitrogen and oxygen atoms in total. The Bertz CT molecular complexity index is 491. The zero-order valence-electron chi connectivity index (χ0n) is 13.5. The number of hydrogen-bond acceptors (Lipinski definition) is 2. The molecule has 0 aromatic heterocycles.